The molecule has 0 saturated carbocycles. The quantitative estimate of drug-likeness (QED) is 0.816. The number of nitriles is 1. The molecule has 2 aromatic carbocycles. The van der Waals surface area contributed by atoms with E-state index in [1.165, 1.54) is 12.1 Å². The van der Waals surface area contributed by atoms with Crippen LogP contribution in [0.2, 0.25) is 0 Å². The SMILES string of the molecule is CC(C#N)Oc1ccc(S(=O)(=O)Cl)c2ccccc12. The van der Waals surface area contributed by atoms with E-state index in [9.17, 15) is 8.42 Å². The van der Waals surface area contributed by atoms with E-state index in [0.717, 1.165) is 0 Å². The first kappa shape index (κ1) is 13.7. The molecule has 0 bridgehead atoms. The Hall–Kier alpha value is -1.77. The normalized spacial score (nSPS) is 12.9. The first-order chi connectivity index (χ1) is 8.93. The summed E-state index contributed by atoms with van der Waals surface area (Å²) in [6, 6.07) is 11.7. The number of ether oxygens (including phenoxy) is 1. The molecule has 0 aliphatic carbocycles. The van der Waals surface area contributed by atoms with Gasteiger partial charge in [0.05, 0.1) is 4.90 Å². The predicted molar refractivity (Wildman–Crippen MR) is 72.7 cm³/mol. The third-order valence-corrected chi connectivity index (χ3v) is 3.97. The molecule has 0 saturated heterocycles. The fraction of sp³-hybridized carbons (Fsp3) is 0.154. The molecule has 0 spiro atoms. The molecule has 2 rings (SSSR count). The maximum atomic E-state index is 11.5. The van der Waals surface area contributed by atoms with Gasteiger partial charge in [0.25, 0.3) is 9.05 Å². The molecule has 0 fully saturated rings. The number of rotatable bonds is 3. The highest BCUT2D eigenvalue weighted by Crippen LogP contribution is 2.32. The molecule has 19 heavy (non-hydrogen) atoms. The topological polar surface area (TPSA) is 67.2 Å². The van der Waals surface area contributed by atoms with Gasteiger partial charge in [-0.3, -0.25) is 0 Å². The van der Waals surface area contributed by atoms with Gasteiger partial charge in [-0.25, -0.2) is 8.42 Å². The summed E-state index contributed by atoms with van der Waals surface area (Å²) in [5.74, 6) is 0.453. The summed E-state index contributed by atoms with van der Waals surface area (Å²) < 4.78 is 28.5. The Morgan fingerprint density at radius 1 is 1.21 bits per heavy atom. The van der Waals surface area contributed by atoms with Crippen molar-refractivity contribution in [2.45, 2.75) is 17.9 Å². The van der Waals surface area contributed by atoms with Crippen LogP contribution < -0.4 is 4.74 Å². The molecule has 0 amide bonds. The van der Waals surface area contributed by atoms with Crippen molar-refractivity contribution in [3.63, 3.8) is 0 Å². The Balaban J connectivity index is 2.69. The van der Waals surface area contributed by atoms with E-state index in [1.54, 1.807) is 31.2 Å². The number of hydrogen-bond donors (Lipinski definition) is 0. The largest absolute Gasteiger partial charge is 0.475 e. The standard InChI is InChI=1S/C13H10ClNO3S/c1-9(8-15)18-12-6-7-13(19(14,16)17)11-5-3-2-4-10(11)12/h2-7,9H,1H3. The number of benzene rings is 2. The molecule has 1 atom stereocenters. The van der Waals surface area contributed by atoms with E-state index in [-0.39, 0.29) is 4.90 Å². The molecule has 0 aliphatic rings. The summed E-state index contributed by atoms with van der Waals surface area (Å²) in [6.45, 7) is 1.61. The first-order valence-electron chi connectivity index (χ1n) is 5.46. The minimum Gasteiger partial charge on any atom is -0.475 e. The van der Waals surface area contributed by atoms with Gasteiger partial charge in [0.15, 0.2) is 6.10 Å². The fourth-order valence-corrected chi connectivity index (χ4v) is 2.85. The summed E-state index contributed by atoms with van der Waals surface area (Å²) in [5, 5.41) is 9.84. The molecule has 2 aromatic rings. The van der Waals surface area contributed by atoms with Crippen molar-refractivity contribution in [1.29, 1.82) is 5.26 Å². The van der Waals surface area contributed by atoms with Crippen LogP contribution in [0.1, 0.15) is 6.92 Å². The van der Waals surface area contributed by atoms with Crippen molar-refractivity contribution in [2.75, 3.05) is 0 Å². The second-order valence-corrected chi connectivity index (χ2v) is 6.47. The second kappa shape index (κ2) is 5.08. The van der Waals surface area contributed by atoms with Crippen LogP contribution in [-0.4, -0.2) is 14.5 Å². The zero-order valence-corrected chi connectivity index (χ0v) is 11.6. The molecule has 6 heteroatoms. The highest BCUT2D eigenvalue weighted by molar-refractivity contribution is 8.14. The van der Waals surface area contributed by atoms with Gasteiger partial charge in [0.1, 0.15) is 11.8 Å². The number of hydrogen-bond acceptors (Lipinski definition) is 4. The van der Waals surface area contributed by atoms with Crippen LogP contribution in [0.5, 0.6) is 5.75 Å². The van der Waals surface area contributed by atoms with Gasteiger partial charge in [-0.1, -0.05) is 24.3 Å². The van der Waals surface area contributed by atoms with Crippen LogP contribution in [0.4, 0.5) is 0 Å². The van der Waals surface area contributed by atoms with E-state index >= 15 is 0 Å². The van der Waals surface area contributed by atoms with Gasteiger partial charge in [0.2, 0.25) is 0 Å². The van der Waals surface area contributed by atoms with Crippen molar-refractivity contribution >= 4 is 30.5 Å². The van der Waals surface area contributed by atoms with Crippen LogP contribution in [0.3, 0.4) is 0 Å². The molecule has 0 heterocycles. The average molecular weight is 296 g/mol. The summed E-state index contributed by atoms with van der Waals surface area (Å²) >= 11 is 0. The van der Waals surface area contributed by atoms with E-state index in [1.807, 2.05) is 6.07 Å². The van der Waals surface area contributed by atoms with Gasteiger partial charge >= 0.3 is 0 Å². The van der Waals surface area contributed by atoms with Crippen molar-refractivity contribution in [3.05, 3.63) is 36.4 Å². The van der Waals surface area contributed by atoms with Crippen LogP contribution >= 0.6 is 10.7 Å². The van der Waals surface area contributed by atoms with Crippen LogP contribution in [0.25, 0.3) is 10.8 Å². The Morgan fingerprint density at radius 3 is 2.42 bits per heavy atom. The second-order valence-electron chi connectivity index (χ2n) is 3.93. The molecule has 0 radical (unpaired) electrons. The molecule has 0 N–H and O–H groups in total. The molecule has 98 valence electrons. The zero-order chi connectivity index (χ0) is 14.0. The van der Waals surface area contributed by atoms with E-state index in [2.05, 4.69) is 0 Å². The predicted octanol–water partition coefficient (Wildman–Crippen LogP) is 3.06. The monoisotopic (exact) mass is 295 g/mol. The van der Waals surface area contributed by atoms with Crippen molar-refractivity contribution in [1.82, 2.24) is 0 Å². The van der Waals surface area contributed by atoms with Crippen LogP contribution in [0, 0.1) is 11.3 Å². The van der Waals surface area contributed by atoms with Gasteiger partial charge in [-0.15, -0.1) is 0 Å². The molecular weight excluding hydrogens is 286 g/mol. The molecular formula is C13H10ClNO3S. The minimum absolute atomic E-state index is 0.0294. The molecule has 0 aliphatic heterocycles. The maximum absolute atomic E-state index is 11.5. The Bertz CT molecular complexity index is 765. The van der Waals surface area contributed by atoms with Gasteiger partial charge in [-0.05, 0) is 19.1 Å². The highest BCUT2D eigenvalue weighted by Gasteiger charge is 2.17. The van der Waals surface area contributed by atoms with E-state index in [4.69, 9.17) is 20.7 Å². The van der Waals surface area contributed by atoms with Crippen molar-refractivity contribution < 1.29 is 13.2 Å². The smallest absolute Gasteiger partial charge is 0.261 e. The number of fused-ring (bicyclic) bond motifs is 1. The van der Waals surface area contributed by atoms with E-state index < -0.39 is 15.2 Å². The van der Waals surface area contributed by atoms with Gasteiger partial charge in [-0.2, -0.15) is 5.26 Å². The average Bonchev–Trinajstić information content (AvgIpc) is 2.37. The molecule has 0 aromatic heterocycles. The summed E-state index contributed by atoms with van der Waals surface area (Å²) in [5.41, 5.74) is 0. The van der Waals surface area contributed by atoms with Gasteiger partial charge < -0.3 is 4.74 Å². The lowest BCUT2D eigenvalue weighted by Gasteiger charge is -2.12. The first-order valence-corrected chi connectivity index (χ1v) is 7.77. The molecule has 4 nitrogen and oxygen atoms in total. The lowest BCUT2D eigenvalue weighted by Crippen LogP contribution is -2.08. The lowest BCUT2D eigenvalue weighted by atomic mass is 10.1. The summed E-state index contributed by atoms with van der Waals surface area (Å²) in [4.78, 5) is 0.0294. The fourth-order valence-electron chi connectivity index (χ4n) is 1.78. The van der Waals surface area contributed by atoms with Crippen LogP contribution in [-0.2, 0) is 9.05 Å². The summed E-state index contributed by atoms with van der Waals surface area (Å²) in [7, 11) is 1.57. The Labute approximate surface area is 115 Å². The summed E-state index contributed by atoms with van der Waals surface area (Å²) in [6.07, 6.45) is -0.623. The van der Waals surface area contributed by atoms with E-state index in [0.29, 0.717) is 16.5 Å². The third kappa shape index (κ3) is 2.80. The Kier molecular flexibility index (Phi) is 3.65. The third-order valence-electron chi connectivity index (χ3n) is 2.59. The maximum Gasteiger partial charge on any atom is 0.261 e. The Morgan fingerprint density at radius 2 is 1.84 bits per heavy atom. The van der Waals surface area contributed by atoms with Crippen LogP contribution in [0.15, 0.2) is 41.3 Å². The molecule has 1 unspecified atom stereocenters. The van der Waals surface area contributed by atoms with Crippen molar-refractivity contribution in [3.8, 4) is 11.8 Å². The van der Waals surface area contributed by atoms with Gasteiger partial charge in [0, 0.05) is 21.5 Å². The highest BCUT2D eigenvalue weighted by atomic mass is 35.7. The lowest BCUT2D eigenvalue weighted by molar-refractivity contribution is 0.280. The number of halogens is 1. The minimum atomic E-state index is -3.83. The zero-order valence-electron chi connectivity index (χ0n) is 10.00. The van der Waals surface area contributed by atoms with Crippen molar-refractivity contribution in [2.24, 2.45) is 0 Å². The number of nitrogens with zero attached hydrogens (tertiary/aromatic N) is 1.